The van der Waals surface area contributed by atoms with Gasteiger partial charge < -0.3 is 15.4 Å². The molecule has 0 saturated heterocycles. The first-order chi connectivity index (χ1) is 14.1. The number of halogens is 1. The quantitative estimate of drug-likeness (QED) is 0.250. The molecular weight excluding hydrogens is 434 g/mol. The lowest BCUT2D eigenvalue weighted by Crippen LogP contribution is -2.19. The number of benzene rings is 2. The van der Waals surface area contributed by atoms with Crippen LogP contribution in [0, 0.1) is 11.3 Å². The molecule has 2 rings (SSSR count). The van der Waals surface area contributed by atoms with E-state index in [-0.39, 0.29) is 11.1 Å². The van der Waals surface area contributed by atoms with Crippen LogP contribution >= 0.6 is 15.9 Å². The third-order valence-corrected chi connectivity index (χ3v) is 4.76. The molecule has 0 aromatic heterocycles. The van der Waals surface area contributed by atoms with Crippen LogP contribution < -0.4 is 10.6 Å². The maximum absolute atomic E-state index is 12.5. The summed E-state index contributed by atoms with van der Waals surface area (Å²) in [6.45, 7) is 2.77. The molecule has 150 valence electrons. The Balaban J connectivity index is 2.05. The van der Waals surface area contributed by atoms with Gasteiger partial charge in [0.1, 0.15) is 11.6 Å². The summed E-state index contributed by atoms with van der Waals surface area (Å²) < 4.78 is 6.15. The summed E-state index contributed by atoms with van der Waals surface area (Å²) in [4.78, 5) is 24.7. The number of hydrogen-bond acceptors (Lipinski definition) is 5. The van der Waals surface area contributed by atoms with Crippen molar-refractivity contribution in [2.75, 3.05) is 11.9 Å². The van der Waals surface area contributed by atoms with E-state index in [4.69, 9.17) is 4.74 Å². The number of ether oxygens (including phenoxy) is 1. The van der Waals surface area contributed by atoms with Crippen LogP contribution in [-0.2, 0) is 16.1 Å². The fourth-order valence-electron chi connectivity index (χ4n) is 2.40. The first kappa shape index (κ1) is 22.2. The number of carbonyl (C=O) groups excluding carboxylic acids is 2. The van der Waals surface area contributed by atoms with Crippen molar-refractivity contribution in [1.82, 2.24) is 5.32 Å². The zero-order chi connectivity index (χ0) is 21.1. The van der Waals surface area contributed by atoms with Gasteiger partial charge in [0.15, 0.2) is 0 Å². The second-order valence-corrected chi connectivity index (χ2v) is 6.99. The van der Waals surface area contributed by atoms with E-state index in [0.717, 1.165) is 22.9 Å². The maximum atomic E-state index is 12.5. The highest BCUT2D eigenvalue weighted by atomic mass is 79.9. The molecule has 0 unspecified atom stereocenters. The van der Waals surface area contributed by atoms with Crippen LogP contribution in [0.4, 0.5) is 5.69 Å². The van der Waals surface area contributed by atoms with E-state index in [1.807, 2.05) is 37.3 Å². The first-order valence-electron chi connectivity index (χ1n) is 9.21. The van der Waals surface area contributed by atoms with Gasteiger partial charge in [-0.2, -0.15) is 5.26 Å². The summed E-state index contributed by atoms with van der Waals surface area (Å²) >= 11 is 3.45. The van der Waals surface area contributed by atoms with Crippen molar-refractivity contribution in [1.29, 1.82) is 5.26 Å². The maximum Gasteiger partial charge on any atom is 0.340 e. The van der Waals surface area contributed by atoms with Gasteiger partial charge in [0.05, 0.1) is 17.9 Å². The van der Waals surface area contributed by atoms with Gasteiger partial charge in [-0.25, -0.2) is 4.79 Å². The number of esters is 1. The Kier molecular flexibility index (Phi) is 8.93. The van der Waals surface area contributed by atoms with Gasteiger partial charge in [-0.15, -0.1) is 0 Å². The summed E-state index contributed by atoms with van der Waals surface area (Å²) in [5.41, 5.74) is 1.43. The van der Waals surface area contributed by atoms with E-state index in [2.05, 4.69) is 26.6 Å². The zero-order valence-corrected chi connectivity index (χ0v) is 17.7. The van der Waals surface area contributed by atoms with E-state index in [1.165, 1.54) is 6.20 Å². The molecule has 7 heteroatoms. The molecule has 0 aliphatic carbocycles. The molecule has 0 bridgehead atoms. The molecule has 0 atom stereocenters. The van der Waals surface area contributed by atoms with Crippen LogP contribution in [0.5, 0.6) is 0 Å². The molecule has 0 fully saturated rings. The van der Waals surface area contributed by atoms with E-state index in [9.17, 15) is 14.9 Å². The third-order valence-electron chi connectivity index (χ3n) is 3.99. The van der Waals surface area contributed by atoms with Gasteiger partial charge in [-0.3, -0.25) is 4.79 Å². The summed E-state index contributed by atoms with van der Waals surface area (Å²) in [6, 6.07) is 16.1. The fraction of sp³-hybridized carbons (Fsp3) is 0.227. The Hall–Kier alpha value is -3.11. The van der Waals surface area contributed by atoms with Crippen LogP contribution in [0.25, 0.3) is 0 Å². The standard InChI is InChI=1S/C22H22BrN3O3/c1-2-3-12-29-22(28)18-9-5-7-11-20(18)26-21(27)17(13-24)15-25-14-16-8-4-6-10-19(16)23/h4-11,15,25H,2-3,12,14H2,1H3,(H,26,27)/b17-15-. The number of unbranched alkanes of at least 4 members (excludes halogenated alkanes) is 1. The Morgan fingerprint density at radius 1 is 1.17 bits per heavy atom. The van der Waals surface area contributed by atoms with Crippen molar-refractivity contribution >= 4 is 33.5 Å². The molecule has 2 aromatic carbocycles. The van der Waals surface area contributed by atoms with E-state index in [1.54, 1.807) is 24.3 Å². The van der Waals surface area contributed by atoms with Gasteiger partial charge in [0.25, 0.3) is 5.91 Å². The summed E-state index contributed by atoms with van der Waals surface area (Å²) in [5, 5.41) is 14.9. The van der Waals surface area contributed by atoms with Gasteiger partial charge in [-0.1, -0.05) is 59.6 Å². The largest absolute Gasteiger partial charge is 0.462 e. The Labute approximate surface area is 178 Å². The molecule has 29 heavy (non-hydrogen) atoms. The lowest BCUT2D eigenvalue weighted by molar-refractivity contribution is -0.112. The van der Waals surface area contributed by atoms with Crippen molar-refractivity contribution in [3.63, 3.8) is 0 Å². The Morgan fingerprint density at radius 2 is 1.90 bits per heavy atom. The van der Waals surface area contributed by atoms with Crippen molar-refractivity contribution in [2.45, 2.75) is 26.3 Å². The number of carbonyl (C=O) groups is 2. The molecule has 1 amide bonds. The van der Waals surface area contributed by atoms with Crippen molar-refractivity contribution < 1.29 is 14.3 Å². The lowest BCUT2D eigenvalue weighted by Gasteiger charge is -2.11. The first-order valence-corrected chi connectivity index (χ1v) is 10.0. The molecular formula is C22H22BrN3O3. The number of para-hydroxylation sites is 1. The average molecular weight is 456 g/mol. The van der Waals surface area contributed by atoms with Crippen LogP contribution in [0.3, 0.4) is 0 Å². The molecule has 0 spiro atoms. The van der Waals surface area contributed by atoms with E-state index < -0.39 is 11.9 Å². The number of nitrogens with one attached hydrogen (secondary N) is 2. The predicted octanol–water partition coefficient (Wildman–Crippen LogP) is 4.54. The van der Waals surface area contributed by atoms with E-state index in [0.29, 0.717) is 18.8 Å². The summed E-state index contributed by atoms with van der Waals surface area (Å²) in [7, 11) is 0. The number of nitrogens with zero attached hydrogens (tertiary/aromatic N) is 1. The number of nitriles is 1. The minimum absolute atomic E-state index is 0.105. The summed E-state index contributed by atoms with van der Waals surface area (Å²) in [5.74, 6) is -1.12. The molecule has 2 N–H and O–H groups in total. The van der Waals surface area contributed by atoms with Crippen molar-refractivity contribution in [2.24, 2.45) is 0 Å². The number of anilines is 1. The molecule has 0 saturated carbocycles. The highest BCUT2D eigenvalue weighted by Crippen LogP contribution is 2.18. The van der Waals surface area contributed by atoms with Gasteiger partial charge >= 0.3 is 5.97 Å². The minimum atomic E-state index is -0.610. The molecule has 2 aromatic rings. The fourth-order valence-corrected chi connectivity index (χ4v) is 2.83. The lowest BCUT2D eigenvalue weighted by atomic mass is 10.1. The minimum Gasteiger partial charge on any atom is -0.462 e. The zero-order valence-electron chi connectivity index (χ0n) is 16.1. The molecule has 0 aliphatic heterocycles. The highest BCUT2D eigenvalue weighted by molar-refractivity contribution is 9.10. The molecule has 0 radical (unpaired) electrons. The molecule has 0 aliphatic rings. The van der Waals surface area contributed by atoms with Gasteiger partial charge in [-0.05, 0) is 30.2 Å². The van der Waals surface area contributed by atoms with Gasteiger partial charge in [0, 0.05) is 17.2 Å². The van der Waals surface area contributed by atoms with Gasteiger partial charge in [0.2, 0.25) is 0 Å². The van der Waals surface area contributed by atoms with Crippen LogP contribution in [0.15, 0.2) is 64.8 Å². The predicted molar refractivity (Wildman–Crippen MR) is 115 cm³/mol. The number of amides is 1. The average Bonchev–Trinajstić information content (AvgIpc) is 2.73. The van der Waals surface area contributed by atoms with Crippen LogP contribution in [0.2, 0.25) is 0 Å². The molecule has 0 heterocycles. The van der Waals surface area contributed by atoms with E-state index >= 15 is 0 Å². The van der Waals surface area contributed by atoms with Crippen LogP contribution in [-0.4, -0.2) is 18.5 Å². The van der Waals surface area contributed by atoms with Crippen molar-refractivity contribution in [3.8, 4) is 6.07 Å². The Bertz CT molecular complexity index is 935. The topological polar surface area (TPSA) is 91.2 Å². The van der Waals surface area contributed by atoms with Crippen molar-refractivity contribution in [3.05, 3.63) is 75.9 Å². The normalized spacial score (nSPS) is 10.7. The SMILES string of the molecule is CCCCOC(=O)c1ccccc1NC(=O)/C(C#N)=C\NCc1ccccc1Br. The van der Waals surface area contributed by atoms with Crippen LogP contribution in [0.1, 0.15) is 35.7 Å². The number of rotatable bonds is 9. The number of hydrogen-bond donors (Lipinski definition) is 2. The summed E-state index contributed by atoms with van der Waals surface area (Å²) in [6.07, 6.45) is 3.04. The third kappa shape index (κ3) is 6.77. The smallest absolute Gasteiger partial charge is 0.340 e. The second-order valence-electron chi connectivity index (χ2n) is 6.13. The monoisotopic (exact) mass is 455 g/mol. The second kappa shape index (κ2) is 11.7. The highest BCUT2D eigenvalue weighted by Gasteiger charge is 2.16. The molecule has 6 nitrogen and oxygen atoms in total. The Morgan fingerprint density at radius 3 is 2.62 bits per heavy atom.